The molecule has 0 atom stereocenters. The van der Waals surface area contributed by atoms with Gasteiger partial charge in [-0.3, -0.25) is 9.59 Å². The number of aromatic nitrogens is 3. The number of benzene rings is 2. The number of hydrogen-bond donors (Lipinski definition) is 2. The Morgan fingerprint density at radius 3 is 2.51 bits per heavy atom. The lowest BCUT2D eigenvalue weighted by molar-refractivity contribution is -0.123. The van der Waals surface area contributed by atoms with E-state index >= 15 is 0 Å². The molecule has 0 aliphatic carbocycles. The van der Waals surface area contributed by atoms with Gasteiger partial charge in [-0.15, -0.1) is 10.2 Å². The van der Waals surface area contributed by atoms with E-state index in [-0.39, 0.29) is 30.7 Å². The van der Waals surface area contributed by atoms with E-state index in [9.17, 15) is 9.59 Å². The molecular formula is C25H30ClN5O3S. The Balaban J connectivity index is 1.47. The van der Waals surface area contributed by atoms with Gasteiger partial charge in [0.15, 0.2) is 17.6 Å². The maximum atomic E-state index is 12.4. The highest BCUT2D eigenvalue weighted by Crippen LogP contribution is 2.22. The molecule has 2 amide bonds. The van der Waals surface area contributed by atoms with Crippen molar-refractivity contribution < 1.29 is 14.3 Å². The van der Waals surface area contributed by atoms with Gasteiger partial charge in [-0.1, -0.05) is 49.3 Å². The van der Waals surface area contributed by atoms with Gasteiger partial charge in [-0.2, -0.15) is 0 Å². The van der Waals surface area contributed by atoms with Gasteiger partial charge in [0.05, 0.1) is 12.3 Å². The molecule has 3 rings (SSSR count). The monoisotopic (exact) mass is 515 g/mol. The first kappa shape index (κ1) is 26.6. The maximum Gasteiger partial charge on any atom is 0.258 e. The summed E-state index contributed by atoms with van der Waals surface area (Å²) in [5, 5.41) is 15.3. The fourth-order valence-corrected chi connectivity index (χ4v) is 4.33. The quantitative estimate of drug-likeness (QED) is 0.356. The topological polar surface area (TPSA) is 98.1 Å². The van der Waals surface area contributed by atoms with E-state index < -0.39 is 0 Å². The summed E-state index contributed by atoms with van der Waals surface area (Å²) in [5.74, 6) is 1.46. The molecule has 1 aromatic heterocycles. The molecule has 10 heteroatoms. The molecular weight excluding hydrogens is 486 g/mol. The lowest BCUT2D eigenvalue weighted by atomic mass is 10.0. The summed E-state index contributed by atoms with van der Waals surface area (Å²) >= 11 is 7.26. The number of carbonyl (C=O) groups is 2. The zero-order chi connectivity index (χ0) is 25.4. The van der Waals surface area contributed by atoms with Crippen LogP contribution in [0.25, 0.3) is 0 Å². The Labute approximate surface area is 214 Å². The molecule has 0 unspecified atom stereocenters. The minimum Gasteiger partial charge on any atom is -0.484 e. The fourth-order valence-electron chi connectivity index (χ4n) is 3.28. The van der Waals surface area contributed by atoms with E-state index in [1.165, 1.54) is 17.3 Å². The van der Waals surface area contributed by atoms with Crippen molar-refractivity contribution in [3.8, 4) is 5.75 Å². The Morgan fingerprint density at radius 1 is 1.11 bits per heavy atom. The molecule has 186 valence electrons. The first-order chi connectivity index (χ1) is 16.8. The first-order valence-corrected chi connectivity index (χ1v) is 12.7. The van der Waals surface area contributed by atoms with Crippen molar-refractivity contribution in [2.75, 3.05) is 17.7 Å². The highest BCUT2D eigenvalue weighted by Gasteiger charge is 2.15. The van der Waals surface area contributed by atoms with Gasteiger partial charge in [0.25, 0.3) is 5.91 Å². The molecule has 1 heterocycles. The summed E-state index contributed by atoms with van der Waals surface area (Å²) < 4.78 is 7.44. The Bertz CT molecular complexity index is 1160. The smallest absolute Gasteiger partial charge is 0.258 e. The molecule has 0 fully saturated rings. The number of halogens is 1. The molecule has 0 saturated heterocycles. The third-order valence-corrected chi connectivity index (χ3v) is 6.47. The number of hydrogen-bond acceptors (Lipinski definition) is 6. The number of carbonyl (C=O) groups excluding carboxylic acids is 2. The minimum absolute atomic E-state index is 0.0901. The first-order valence-electron chi connectivity index (χ1n) is 11.4. The predicted molar refractivity (Wildman–Crippen MR) is 139 cm³/mol. The average molecular weight is 516 g/mol. The van der Waals surface area contributed by atoms with Crippen molar-refractivity contribution in [1.29, 1.82) is 0 Å². The summed E-state index contributed by atoms with van der Waals surface area (Å²) in [5.41, 5.74) is 2.83. The van der Waals surface area contributed by atoms with Crippen LogP contribution in [0.5, 0.6) is 5.75 Å². The van der Waals surface area contributed by atoms with Crippen molar-refractivity contribution >= 4 is 40.9 Å². The number of ether oxygens (including phenoxy) is 1. The minimum atomic E-state index is -0.254. The highest BCUT2D eigenvalue weighted by atomic mass is 35.5. The molecule has 0 saturated carbocycles. The van der Waals surface area contributed by atoms with Gasteiger partial charge >= 0.3 is 0 Å². The summed E-state index contributed by atoms with van der Waals surface area (Å²) in [4.78, 5) is 24.6. The SMILES string of the molecule is CCn1c(CNC(=O)COc2ccc(C(C)C)cc2)nnc1SCC(=O)Nc1ccc(Cl)cc1C. The molecule has 0 aliphatic rings. The van der Waals surface area contributed by atoms with Crippen molar-refractivity contribution in [2.45, 2.75) is 51.9 Å². The zero-order valence-corrected chi connectivity index (χ0v) is 21.9. The third-order valence-electron chi connectivity index (χ3n) is 5.26. The molecule has 0 bridgehead atoms. The molecule has 2 N–H and O–H groups in total. The van der Waals surface area contributed by atoms with Crippen LogP contribution in [0.1, 0.15) is 43.6 Å². The average Bonchev–Trinajstić information content (AvgIpc) is 3.24. The van der Waals surface area contributed by atoms with E-state index in [1.807, 2.05) is 42.7 Å². The number of nitrogens with zero attached hydrogens (tertiary/aromatic N) is 3. The lowest BCUT2D eigenvalue weighted by Crippen LogP contribution is -2.29. The summed E-state index contributed by atoms with van der Waals surface area (Å²) in [6, 6.07) is 13.0. The van der Waals surface area contributed by atoms with Crippen LogP contribution >= 0.6 is 23.4 Å². The summed E-state index contributed by atoms with van der Waals surface area (Å²) in [6.07, 6.45) is 0. The zero-order valence-electron chi connectivity index (χ0n) is 20.3. The van der Waals surface area contributed by atoms with E-state index in [1.54, 1.807) is 18.2 Å². The van der Waals surface area contributed by atoms with Gasteiger partial charge in [0.1, 0.15) is 5.75 Å². The second-order valence-corrected chi connectivity index (χ2v) is 9.61. The number of amides is 2. The summed E-state index contributed by atoms with van der Waals surface area (Å²) in [6.45, 7) is 8.82. The fraction of sp³-hybridized carbons (Fsp3) is 0.360. The van der Waals surface area contributed by atoms with Crippen LogP contribution in [0.2, 0.25) is 5.02 Å². The van der Waals surface area contributed by atoms with Crippen molar-refractivity contribution in [1.82, 2.24) is 20.1 Å². The third kappa shape index (κ3) is 7.73. The number of aryl methyl sites for hydroxylation is 1. The normalized spacial score (nSPS) is 10.9. The highest BCUT2D eigenvalue weighted by molar-refractivity contribution is 7.99. The Morgan fingerprint density at radius 2 is 1.86 bits per heavy atom. The van der Waals surface area contributed by atoms with Crippen molar-refractivity contribution in [3.63, 3.8) is 0 Å². The molecule has 3 aromatic rings. The largest absolute Gasteiger partial charge is 0.484 e. The van der Waals surface area contributed by atoms with Crippen molar-refractivity contribution in [2.24, 2.45) is 0 Å². The Hall–Kier alpha value is -3.04. The van der Waals surface area contributed by atoms with E-state index in [2.05, 4.69) is 34.7 Å². The van der Waals surface area contributed by atoms with E-state index in [0.717, 1.165) is 11.3 Å². The van der Waals surface area contributed by atoms with Crippen molar-refractivity contribution in [3.05, 3.63) is 64.4 Å². The van der Waals surface area contributed by atoms with Crippen LogP contribution in [0.15, 0.2) is 47.6 Å². The lowest BCUT2D eigenvalue weighted by Gasteiger charge is -2.11. The number of nitrogens with one attached hydrogen (secondary N) is 2. The molecule has 8 nitrogen and oxygen atoms in total. The van der Waals surface area contributed by atoms with Crippen LogP contribution in [0.4, 0.5) is 5.69 Å². The molecule has 35 heavy (non-hydrogen) atoms. The maximum absolute atomic E-state index is 12.4. The van der Waals surface area contributed by atoms with Crippen LogP contribution in [0, 0.1) is 6.92 Å². The van der Waals surface area contributed by atoms with Crippen LogP contribution in [-0.4, -0.2) is 38.9 Å². The van der Waals surface area contributed by atoms with E-state index in [4.69, 9.17) is 16.3 Å². The van der Waals surface area contributed by atoms with Gasteiger partial charge in [0.2, 0.25) is 5.91 Å². The van der Waals surface area contributed by atoms with Crippen LogP contribution in [-0.2, 0) is 22.7 Å². The molecule has 0 spiro atoms. The van der Waals surface area contributed by atoms with E-state index in [0.29, 0.717) is 34.2 Å². The molecule has 2 aromatic carbocycles. The predicted octanol–water partition coefficient (Wildman–Crippen LogP) is 4.81. The number of rotatable bonds is 11. The van der Waals surface area contributed by atoms with Gasteiger partial charge < -0.3 is 19.9 Å². The second kappa shape index (κ2) is 12.6. The van der Waals surface area contributed by atoms with Crippen LogP contribution < -0.4 is 15.4 Å². The van der Waals surface area contributed by atoms with Gasteiger partial charge in [-0.25, -0.2) is 0 Å². The molecule has 0 radical (unpaired) electrons. The standard InChI is InChI=1S/C25H30ClN5O3S/c1-5-31-22(13-27-23(32)14-34-20-9-6-18(7-10-20)16(2)3)29-30-25(31)35-15-24(33)28-21-11-8-19(26)12-17(21)4/h6-12,16H,5,13-15H2,1-4H3,(H,27,32)(H,28,33). The van der Waals surface area contributed by atoms with Gasteiger partial charge in [0, 0.05) is 17.3 Å². The second-order valence-electron chi connectivity index (χ2n) is 8.23. The number of thioether (sulfide) groups is 1. The number of anilines is 1. The van der Waals surface area contributed by atoms with Gasteiger partial charge in [-0.05, 0) is 61.2 Å². The molecule has 0 aliphatic heterocycles. The Kier molecular flexibility index (Phi) is 9.56. The van der Waals surface area contributed by atoms with Crippen LogP contribution in [0.3, 0.4) is 0 Å². The summed E-state index contributed by atoms with van der Waals surface area (Å²) in [7, 11) is 0.